The minimum Gasteiger partial charge on any atom is -0.468 e. The Bertz CT molecular complexity index is 996. The van der Waals surface area contributed by atoms with Crippen molar-refractivity contribution < 1.29 is 19.1 Å². The molecule has 154 valence electrons. The van der Waals surface area contributed by atoms with Gasteiger partial charge < -0.3 is 14.4 Å². The molecule has 4 rings (SSSR count). The van der Waals surface area contributed by atoms with Crippen LogP contribution in [0.2, 0.25) is 0 Å². The third kappa shape index (κ3) is 3.11. The summed E-state index contributed by atoms with van der Waals surface area (Å²) in [6.07, 6.45) is 6.27. The lowest BCUT2D eigenvalue weighted by Gasteiger charge is -2.49. The van der Waals surface area contributed by atoms with Gasteiger partial charge in [0.2, 0.25) is 0 Å². The van der Waals surface area contributed by atoms with Gasteiger partial charge in [0.15, 0.2) is 0 Å². The van der Waals surface area contributed by atoms with Crippen molar-refractivity contribution in [3.8, 4) is 0 Å². The molecule has 5 heteroatoms. The number of hydrogen-bond acceptors (Lipinski definition) is 5. The third-order valence-corrected chi connectivity index (χ3v) is 6.02. The minimum absolute atomic E-state index is 0.289. The number of esters is 2. The summed E-state index contributed by atoms with van der Waals surface area (Å²) < 4.78 is 10.5. The molecule has 0 N–H and O–H groups in total. The molecule has 0 saturated heterocycles. The second-order valence-corrected chi connectivity index (χ2v) is 7.55. The zero-order valence-corrected chi connectivity index (χ0v) is 17.2. The van der Waals surface area contributed by atoms with Crippen LogP contribution in [0.15, 0.2) is 84.2 Å². The molecular formula is C25H25NO4. The molecule has 30 heavy (non-hydrogen) atoms. The van der Waals surface area contributed by atoms with Crippen molar-refractivity contribution >= 4 is 17.6 Å². The Hall–Kier alpha value is -3.34. The van der Waals surface area contributed by atoms with E-state index in [9.17, 15) is 9.59 Å². The maximum Gasteiger partial charge on any atom is 0.354 e. The largest absolute Gasteiger partial charge is 0.468 e. The standard InChI is InChI=1S/C25H25NO4/c1-29-23(27)21-17-20(18-11-5-3-6-12-18)25(24(28)30-2)16-10-9-15-22(25)26(21)19-13-7-4-8-14-19/h3-8,11-15,17,20H,9-10,16H2,1-2H3. The number of carbonyl (C=O) groups is 2. The molecular weight excluding hydrogens is 378 g/mol. The van der Waals surface area contributed by atoms with Gasteiger partial charge in [-0.2, -0.15) is 0 Å². The fraction of sp³-hybridized carbons (Fsp3) is 0.280. The first-order chi connectivity index (χ1) is 14.6. The number of carbonyl (C=O) groups excluding carboxylic acids is 2. The second kappa shape index (κ2) is 8.19. The Balaban J connectivity index is 2.03. The number of methoxy groups -OCH3 is 2. The van der Waals surface area contributed by atoms with Crippen LogP contribution in [0.5, 0.6) is 0 Å². The van der Waals surface area contributed by atoms with Gasteiger partial charge in [-0.3, -0.25) is 4.79 Å². The lowest BCUT2D eigenvalue weighted by molar-refractivity contribution is -0.152. The number of anilines is 1. The van der Waals surface area contributed by atoms with Gasteiger partial charge in [0, 0.05) is 17.3 Å². The fourth-order valence-corrected chi connectivity index (χ4v) is 4.72. The molecule has 2 aromatic carbocycles. The molecule has 0 spiro atoms. The zero-order chi connectivity index (χ0) is 21.1. The number of para-hydroxylation sites is 1. The Labute approximate surface area is 176 Å². The summed E-state index contributed by atoms with van der Waals surface area (Å²) in [6.45, 7) is 0. The van der Waals surface area contributed by atoms with Gasteiger partial charge in [-0.25, -0.2) is 4.79 Å². The van der Waals surface area contributed by atoms with Gasteiger partial charge in [-0.15, -0.1) is 0 Å². The third-order valence-electron chi connectivity index (χ3n) is 6.02. The normalized spacial score (nSPS) is 23.0. The van der Waals surface area contributed by atoms with E-state index in [0.29, 0.717) is 12.1 Å². The average Bonchev–Trinajstić information content (AvgIpc) is 2.82. The van der Waals surface area contributed by atoms with Crippen LogP contribution in [0.4, 0.5) is 5.69 Å². The van der Waals surface area contributed by atoms with E-state index in [0.717, 1.165) is 29.8 Å². The Kier molecular flexibility index (Phi) is 5.44. The van der Waals surface area contributed by atoms with E-state index in [2.05, 4.69) is 6.08 Å². The number of fused-ring (bicyclic) bond motifs is 1. The Morgan fingerprint density at radius 2 is 1.63 bits per heavy atom. The number of rotatable bonds is 4. The number of benzene rings is 2. The number of hydrogen-bond donors (Lipinski definition) is 0. The van der Waals surface area contributed by atoms with Gasteiger partial charge >= 0.3 is 11.9 Å². The van der Waals surface area contributed by atoms with Crippen molar-refractivity contribution in [3.63, 3.8) is 0 Å². The molecule has 1 aliphatic heterocycles. The number of allylic oxidation sites excluding steroid dienone is 2. The molecule has 2 aliphatic rings. The fourth-order valence-electron chi connectivity index (χ4n) is 4.72. The van der Waals surface area contributed by atoms with E-state index >= 15 is 0 Å². The molecule has 0 bridgehead atoms. The smallest absolute Gasteiger partial charge is 0.354 e. The molecule has 0 radical (unpaired) electrons. The van der Waals surface area contributed by atoms with Crippen molar-refractivity contribution in [2.24, 2.45) is 5.41 Å². The van der Waals surface area contributed by atoms with Crippen LogP contribution in [0.3, 0.4) is 0 Å². The Morgan fingerprint density at radius 3 is 2.27 bits per heavy atom. The van der Waals surface area contributed by atoms with Crippen LogP contribution in [0, 0.1) is 5.41 Å². The zero-order valence-electron chi connectivity index (χ0n) is 17.2. The first kappa shape index (κ1) is 20.0. The van der Waals surface area contributed by atoms with Gasteiger partial charge in [-0.05, 0) is 43.0 Å². The first-order valence-corrected chi connectivity index (χ1v) is 10.1. The molecule has 2 unspecified atom stereocenters. The van der Waals surface area contributed by atoms with E-state index in [1.807, 2.05) is 71.6 Å². The van der Waals surface area contributed by atoms with Crippen molar-refractivity contribution in [2.45, 2.75) is 25.2 Å². The van der Waals surface area contributed by atoms with E-state index in [4.69, 9.17) is 9.47 Å². The van der Waals surface area contributed by atoms with Crippen molar-refractivity contribution in [3.05, 3.63) is 89.8 Å². The summed E-state index contributed by atoms with van der Waals surface area (Å²) in [5.41, 5.74) is 2.04. The van der Waals surface area contributed by atoms with Crippen molar-refractivity contribution in [1.82, 2.24) is 0 Å². The lowest BCUT2D eigenvalue weighted by Crippen LogP contribution is -2.50. The topological polar surface area (TPSA) is 55.8 Å². The van der Waals surface area contributed by atoms with Crippen LogP contribution < -0.4 is 4.90 Å². The quantitative estimate of drug-likeness (QED) is 0.700. The highest BCUT2D eigenvalue weighted by Crippen LogP contribution is 2.56. The molecule has 1 aliphatic carbocycles. The predicted octanol–water partition coefficient (Wildman–Crippen LogP) is 4.57. The SMILES string of the molecule is COC(=O)C1=CC(c2ccccc2)C2(C(=O)OC)CCCC=C2N1c1ccccc1. The van der Waals surface area contributed by atoms with E-state index in [1.165, 1.54) is 14.2 Å². The van der Waals surface area contributed by atoms with E-state index in [-0.39, 0.29) is 11.9 Å². The second-order valence-electron chi connectivity index (χ2n) is 7.55. The summed E-state index contributed by atoms with van der Waals surface area (Å²) in [5.74, 6) is -1.07. The average molecular weight is 403 g/mol. The van der Waals surface area contributed by atoms with Crippen LogP contribution in [-0.2, 0) is 19.1 Å². The van der Waals surface area contributed by atoms with Crippen LogP contribution in [0.1, 0.15) is 30.7 Å². The maximum atomic E-state index is 13.4. The summed E-state index contributed by atoms with van der Waals surface area (Å²) in [6, 6.07) is 19.4. The monoisotopic (exact) mass is 403 g/mol. The Morgan fingerprint density at radius 1 is 0.967 bits per heavy atom. The highest BCUT2D eigenvalue weighted by molar-refractivity contribution is 5.98. The minimum atomic E-state index is -0.915. The van der Waals surface area contributed by atoms with E-state index < -0.39 is 11.4 Å². The summed E-state index contributed by atoms with van der Waals surface area (Å²) >= 11 is 0. The number of ether oxygens (including phenoxy) is 2. The molecule has 0 aromatic heterocycles. The van der Waals surface area contributed by atoms with Gasteiger partial charge in [0.1, 0.15) is 11.1 Å². The molecule has 1 heterocycles. The van der Waals surface area contributed by atoms with Gasteiger partial charge in [-0.1, -0.05) is 54.6 Å². The molecule has 0 amide bonds. The highest BCUT2D eigenvalue weighted by atomic mass is 16.5. The van der Waals surface area contributed by atoms with Crippen molar-refractivity contribution in [1.29, 1.82) is 0 Å². The van der Waals surface area contributed by atoms with Crippen molar-refractivity contribution in [2.75, 3.05) is 19.1 Å². The molecule has 2 aromatic rings. The maximum absolute atomic E-state index is 13.4. The summed E-state index contributed by atoms with van der Waals surface area (Å²) in [7, 11) is 2.80. The van der Waals surface area contributed by atoms with Gasteiger partial charge in [0.25, 0.3) is 0 Å². The number of nitrogens with zero attached hydrogens (tertiary/aromatic N) is 1. The van der Waals surface area contributed by atoms with E-state index in [1.54, 1.807) is 0 Å². The van der Waals surface area contributed by atoms with Crippen LogP contribution in [0.25, 0.3) is 0 Å². The van der Waals surface area contributed by atoms with Gasteiger partial charge in [0.05, 0.1) is 14.2 Å². The first-order valence-electron chi connectivity index (χ1n) is 10.1. The van der Waals surface area contributed by atoms with Crippen LogP contribution >= 0.6 is 0 Å². The molecule has 0 fully saturated rings. The van der Waals surface area contributed by atoms with Crippen LogP contribution in [-0.4, -0.2) is 26.2 Å². The lowest BCUT2D eigenvalue weighted by atomic mass is 9.62. The molecule has 0 saturated carbocycles. The summed E-state index contributed by atoms with van der Waals surface area (Å²) in [5, 5.41) is 0. The predicted molar refractivity (Wildman–Crippen MR) is 115 cm³/mol. The summed E-state index contributed by atoms with van der Waals surface area (Å²) in [4.78, 5) is 28.1. The molecule has 5 nitrogen and oxygen atoms in total. The highest BCUT2D eigenvalue weighted by Gasteiger charge is 2.56. The molecule has 2 atom stereocenters.